The van der Waals surface area contributed by atoms with Crippen molar-refractivity contribution >= 4 is 37.9 Å². The molecule has 0 N–H and O–H groups in total. The minimum atomic E-state index is -3.67. The van der Waals surface area contributed by atoms with Crippen LogP contribution in [0.1, 0.15) is 13.3 Å². The quantitative estimate of drug-likeness (QED) is 0.769. The summed E-state index contributed by atoms with van der Waals surface area (Å²) in [5.74, 6) is 0. The molecule has 0 aliphatic rings. The van der Waals surface area contributed by atoms with Gasteiger partial charge in [0.05, 0.1) is 0 Å². The Labute approximate surface area is 121 Å². The molecular formula is C11H14ClN3O2S2. The van der Waals surface area contributed by atoms with Crippen molar-refractivity contribution in [1.29, 1.82) is 0 Å². The maximum absolute atomic E-state index is 12.6. The van der Waals surface area contributed by atoms with Crippen LogP contribution in [0.2, 0.25) is 5.15 Å². The second-order valence-electron chi connectivity index (χ2n) is 3.92. The minimum absolute atomic E-state index is 0.0111. The standard InChI is InChI=1S/C11H14ClN3O2S2/c1-3-5-14(6-4-2)19(16,17)10-9(12)13-11-15(10)7-8-18-11/h3,7-8H,1,4-6H2,2H3. The molecule has 5 nitrogen and oxygen atoms in total. The van der Waals surface area contributed by atoms with Gasteiger partial charge in [-0.05, 0) is 6.42 Å². The third-order valence-corrected chi connectivity index (χ3v) is 5.59. The largest absolute Gasteiger partial charge is 0.279 e. The summed E-state index contributed by atoms with van der Waals surface area (Å²) in [6, 6.07) is 0. The normalized spacial score (nSPS) is 12.4. The fraction of sp³-hybridized carbons (Fsp3) is 0.364. The zero-order valence-corrected chi connectivity index (χ0v) is 12.8. The van der Waals surface area contributed by atoms with E-state index >= 15 is 0 Å². The van der Waals surface area contributed by atoms with Gasteiger partial charge in [0.15, 0.2) is 15.1 Å². The highest BCUT2D eigenvalue weighted by atomic mass is 35.5. The van der Waals surface area contributed by atoms with E-state index in [-0.39, 0.29) is 16.7 Å². The van der Waals surface area contributed by atoms with E-state index in [2.05, 4.69) is 11.6 Å². The maximum atomic E-state index is 12.6. The first-order valence-corrected chi connectivity index (χ1v) is 8.44. The van der Waals surface area contributed by atoms with E-state index in [4.69, 9.17) is 11.6 Å². The van der Waals surface area contributed by atoms with Gasteiger partial charge < -0.3 is 0 Å². The Morgan fingerprint density at radius 1 is 1.63 bits per heavy atom. The van der Waals surface area contributed by atoms with Gasteiger partial charge >= 0.3 is 0 Å². The Balaban J connectivity index is 2.56. The molecule has 0 aliphatic carbocycles. The van der Waals surface area contributed by atoms with Gasteiger partial charge in [-0.15, -0.1) is 17.9 Å². The monoisotopic (exact) mass is 319 g/mol. The summed E-state index contributed by atoms with van der Waals surface area (Å²) in [5.41, 5.74) is 0. The molecule has 0 saturated heterocycles. The number of hydrogen-bond donors (Lipinski definition) is 0. The average Bonchev–Trinajstić information content (AvgIpc) is 2.87. The Hall–Kier alpha value is -0.890. The van der Waals surface area contributed by atoms with Gasteiger partial charge in [0.25, 0.3) is 10.0 Å². The lowest BCUT2D eigenvalue weighted by molar-refractivity contribution is 0.438. The maximum Gasteiger partial charge on any atom is 0.262 e. The van der Waals surface area contributed by atoms with Gasteiger partial charge in [0.2, 0.25) is 0 Å². The van der Waals surface area contributed by atoms with E-state index in [1.54, 1.807) is 17.7 Å². The molecule has 0 fully saturated rings. The van der Waals surface area contributed by atoms with Crippen LogP contribution < -0.4 is 0 Å². The van der Waals surface area contributed by atoms with Gasteiger partial charge in [-0.3, -0.25) is 4.40 Å². The van der Waals surface area contributed by atoms with Gasteiger partial charge in [0.1, 0.15) is 0 Å². The predicted octanol–water partition coefficient (Wildman–Crippen LogP) is 2.64. The molecule has 2 heterocycles. The van der Waals surface area contributed by atoms with E-state index in [0.717, 1.165) is 6.42 Å². The van der Waals surface area contributed by atoms with Crippen LogP contribution in [-0.4, -0.2) is 35.2 Å². The lowest BCUT2D eigenvalue weighted by Gasteiger charge is -2.19. The number of rotatable bonds is 6. The SMILES string of the molecule is C=CCN(CCC)S(=O)(=O)c1c(Cl)nc2sccn12. The Kier molecular flexibility index (Phi) is 4.29. The molecule has 0 saturated carbocycles. The van der Waals surface area contributed by atoms with E-state index in [1.807, 2.05) is 6.92 Å². The molecule has 0 bridgehead atoms. The number of halogens is 1. The summed E-state index contributed by atoms with van der Waals surface area (Å²) in [6.07, 6.45) is 3.94. The summed E-state index contributed by atoms with van der Waals surface area (Å²) in [7, 11) is -3.67. The third-order valence-electron chi connectivity index (χ3n) is 2.57. The van der Waals surface area contributed by atoms with Crippen molar-refractivity contribution in [3.63, 3.8) is 0 Å². The summed E-state index contributed by atoms with van der Waals surface area (Å²) in [5, 5.41) is 1.81. The first-order valence-electron chi connectivity index (χ1n) is 5.74. The van der Waals surface area contributed by atoms with E-state index < -0.39 is 10.0 Å². The van der Waals surface area contributed by atoms with Gasteiger partial charge in [0, 0.05) is 24.7 Å². The molecule has 0 spiro atoms. The van der Waals surface area contributed by atoms with Crippen molar-refractivity contribution in [3.05, 3.63) is 29.4 Å². The summed E-state index contributed by atoms with van der Waals surface area (Å²) in [4.78, 5) is 4.63. The van der Waals surface area contributed by atoms with E-state index in [9.17, 15) is 8.42 Å². The van der Waals surface area contributed by atoms with Crippen molar-refractivity contribution < 1.29 is 8.42 Å². The molecule has 0 unspecified atom stereocenters. The molecule has 2 aromatic rings. The van der Waals surface area contributed by atoms with Crippen molar-refractivity contribution in [2.24, 2.45) is 0 Å². The van der Waals surface area contributed by atoms with E-state index in [0.29, 0.717) is 11.5 Å². The van der Waals surface area contributed by atoms with Gasteiger partial charge in [-0.2, -0.15) is 4.31 Å². The minimum Gasteiger partial charge on any atom is -0.279 e. The molecule has 8 heteroatoms. The number of nitrogens with zero attached hydrogens (tertiary/aromatic N) is 3. The molecule has 0 atom stereocenters. The zero-order valence-electron chi connectivity index (χ0n) is 10.4. The summed E-state index contributed by atoms with van der Waals surface area (Å²) in [6.45, 7) is 6.19. The number of imidazole rings is 1. The number of hydrogen-bond acceptors (Lipinski definition) is 4. The van der Waals surface area contributed by atoms with Crippen LogP contribution in [0.4, 0.5) is 0 Å². The number of fused-ring (bicyclic) bond motifs is 1. The molecule has 0 radical (unpaired) electrons. The molecule has 0 aliphatic heterocycles. The van der Waals surface area contributed by atoms with Crippen LogP contribution in [-0.2, 0) is 10.0 Å². The Bertz CT molecular complexity index is 690. The van der Waals surface area contributed by atoms with Gasteiger partial charge in [-0.25, -0.2) is 13.4 Å². The van der Waals surface area contributed by atoms with Crippen molar-refractivity contribution in [1.82, 2.24) is 13.7 Å². The van der Waals surface area contributed by atoms with Gasteiger partial charge in [-0.1, -0.05) is 24.6 Å². The van der Waals surface area contributed by atoms with Crippen molar-refractivity contribution in [3.8, 4) is 0 Å². The Morgan fingerprint density at radius 3 is 3.00 bits per heavy atom. The topological polar surface area (TPSA) is 54.7 Å². The predicted molar refractivity (Wildman–Crippen MR) is 77.3 cm³/mol. The van der Waals surface area contributed by atoms with Crippen LogP contribution in [0.5, 0.6) is 0 Å². The van der Waals surface area contributed by atoms with Crippen LogP contribution in [0.25, 0.3) is 4.96 Å². The van der Waals surface area contributed by atoms with Crippen molar-refractivity contribution in [2.75, 3.05) is 13.1 Å². The molecule has 2 aromatic heterocycles. The fourth-order valence-electron chi connectivity index (χ4n) is 1.79. The molecule has 0 aromatic carbocycles. The highest BCUT2D eigenvalue weighted by molar-refractivity contribution is 7.89. The van der Waals surface area contributed by atoms with E-state index in [1.165, 1.54) is 20.0 Å². The fourth-order valence-corrected chi connectivity index (χ4v) is 4.70. The molecule has 19 heavy (non-hydrogen) atoms. The number of aromatic nitrogens is 2. The molecule has 2 rings (SSSR count). The average molecular weight is 320 g/mol. The first-order chi connectivity index (χ1) is 9.02. The number of sulfonamides is 1. The van der Waals surface area contributed by atoms with Crippen LogP contribution in [0.3, 0.4) is 0 Å². The molecular weight excluding hydrogens is 306 g/mol. The lowest BCUT2D eigenvalue weighted by Crippen LogP contribution is -2.32. The first kappa shape index (κ1) is 14.5. The van der Waals surface area contributed by atoms with Crippen LogP contribution in [0, 0.1) is 0 Å². The highest BCUT2D eigenvalue weighted by Crippen LogP contribution is 2.27. The number of thiazole rings is 1. The third kappa shape index (κ3) is 2.55. The molecule has 104 valence electrons. The molecule has 0 amide bonds. The lowest BCUT2D eigenvalue weighted by atomic mass is 10.5. The Morgan fingerprint density at radius 2 is 2.37 bits per heavy atom. The van der Waals surface area contributed by atoms with Crippen LogP contribution >= 0.6 is 22.9 Å². The smallest absolute Gasteiger partial charge is 0.262 e. The summed E-state index contributed by atoms with van der Waals surface area (Å²) >= 11 is 7.32. The zero-order chi connectivity index (χ0) is 14.0. The van der Waals surface area contributed by atoms with Crippen molar-refractivity contribution in [2.45, 2.75) is 18.4 Å². The second kappa shape index (κ2) is 5.62. The highest BCUT2D eigenvalue weighted by Gasteiger charge is 2.30. The summed E-state index contributed by atoms with van der Waals surface area (Å²) < 4.78 is 28.1. The van der Waals surface area contributed by atoms with Crippen LogP contribution in [0.15, 0.2) is 29.3 Å². The second-order valence-corrected chi connectivity index (χ2v) is 7.00.